The van der Waals surface area contributed by atoms with Crippen molar-refractivity contribution in [3.05, 3.63) is 0 Å². The Morgan fingerprint density at radius 1 is 1.40 bits per heavy atom. The van der Waals surface area contributed by atoms with Gasteiger partial charge in [0.05, 0.1) is 19.6 Å². The number of hydrogen-bond donors (Lipinski definition) is 1. The van der Waals surface area contributed by atoms with E-state index < -0.39 is 6.43 Å². The lowest BCUT2D eigenvalue weighted by molar-refractivity contribution is -0.148. The Morgan fingerprint density at radius 2 is 2.15 bits per heavy atom. The molecular weight excluding hydrogens is 266 g/mol. The molecule has 1 heterocycles. The number of ether oxygens (including phenoxy) is 1. The fraction of sp³-hybridized carbons (Fsp3) is 0.929. The van der Waals surface area contributed by atoms with E-state index in [-0.39, 0.29) is 24.5 Å². The van der Waals surface area contributed by atoms with Crippen LogP contribution in [0.15, 0.2) is 0 Å². The maximum absolute atomic E-state index is 12.3. The lowest BCUT2D eigenvalue weighted by atomic mass is 9.84. The number of methoxy groups -OCH3 is 1. The molecule has 2 atom stereocenters. The molecule has 2 fully saturated rings. The van der Waals surface area contributed by atoms with Gasteiger partial charge in [-0.2, -0.15) is 0 Å². The van der Waals surface area contributed by atoms with E-state index in [4.69, 9.17) is 4.74 Å². The van der Waals surface area contributed by atoms with Gasteiger partial charge in [-0.15, -0.1) is 0 Å². The quantitative estimate of drug-likeness (QED) is 0.753. The lowest BCUT2D eigenvalue weighted by Crippen LogP contribution is -2.53. The molecule has 6 heteroatoms. The van der Waals surface area contributed by atoms with Crippen LogP contribution in [0, 0.1) is 11.8 Å². The van der Waals surface area contributed by atoms with Crippen LogP contribution < -0.4 is 5.32 Å². The zero-order chi connectivity index (χ0) is 14.5. The second kappa shape index (κ2) is 7.31. The summed E-state index contributed by atoms with van der Waals surface area (Å²) in [5, 5.41) is 2.87. The normalized spacial score (nSPS) is 28.4. The van der Waals surface area contributed by atoms with Crippen molar-refractivity contribution in [2.45, 2.75) is 38.2 Å². The molecule has 1 saturated heterocycles. The van der Waals surface area contributed by atoms with Crippen LogP contribution in [-0.2, 0) is 9.53 Å². The summed E-state index contributed by atoms with van der Waals surface area (Å²) in [6, 6.07) is -0.0538. The van der Waals surface area contributed by atoms with Gasteiger partial charge in [0.1, 0.15) is 0 Å². The molecule has 2 unspecified atom stereocenters. The zero-order valence-electron chi connectivity index (χ0n) is 12.0. The maximum Gasteiger partial charge on any atom is 0.310 e. The van der Waals surface area contributed by atoms with Gasteiger partial charge in [-0.1, -0.05) is 6.42 Å². The summed E-state index contributed by atoms with van der Waals surface area (Å²) < 4.78 is 29.4. The van der Waals surface area contributed by atoms with Gasteiger partial charge in [-0.3, -0.25) is 4.79 Å². The van der Waals surface area contributed by atoms with Gasteiger partial charge in [-0.25, -0.2) is 8.78 Å². The molecule has 2 rings (SSSR count). The van der Waals surface area contributed by atoms with Gasteiger partial charge in [-0.05, 0) is 25.2 Å². The molecule has 0 bridgehead atoms. The highest BCUT2D eigenvalue weighted by atomic mass is 19.3. The molecule has 1 N–H and O–H groups in total. The van der Waals surface area contributed by atoms with Crippen LogP contribution >= 0.6 is 0 Å². The van der Waals surface area contributed by atoms with Crippen LogP contribution in [0.25, 0.3) is 0 Å². The first kappa shape index (κ1) is 15.6. The van der Waals surface area contributed by atoms with Crippen molar-refractivity contribution in [1.29, 1.82) is 0 Å². The topological polar surface area (TPSA) is 41.6 Å². The molecule has 4 nitrogen and oxygen atoms in total. The molecule has 2 aliphatic rings. The molecule has 20 heavy (non-hydrogen) atoms. The third-order valence-electron chi connectivity index (χ3n) is 4.36. The van der Waals surface area contributed by atoms with Crippen molar-refractivity contribution >= 4 is 5.97 Å². The maximum atomic E-state index is 12.3. The van der Waals surface area contributed by atoms with Gasteiger partial charge in [0, 0.05) is 25.7 Å². The third kappa shape index (κ3) is 4.38. The molecule has 0 radical (unpaired) electrons. The summed E-state index contributed by atoms with van der Waals surface area (Å²) in [5.74, 6) is 0.276. The van der Waals surface area contributed by atoms with Gasteiger partial charge in [0.25, 0.3) is 6.43 Å². The number of nitrogens with one attached hydrogen (secondary N) is 1. The average molecular weight is 290 g/mol. The molecule has 0 aromatic heterocycles. The molecule has 1 aliphatic heterocycles. The van der Waals surface area contributed by atoms with E-state index in [9.17, 15) is 13.6 Å². The van der Waals surface area contributed by atoms with Crippen LogP contribution in [0.2, 0.25) is 0 Å². The highest BCUT2D eigenvalue weighted by Crippen LogP contribution is 2.29. The SMILES string of the molecule is COC(=O)C1CC(NCC(F)F)CN(CC2CCC2)C1. The molecule has 0 aromatic rings. The Morgan fingerprint density at radius 3 is 2.70 bits per heavy atom. The number of carbonyl (C=O) groups is 1. The van der Waals surface area contributed by atoms with Crippen LogP contribution in [-0.4, -0.2) is 56.6 Å². The standard InChI is InChI=1S/C14H24F2N2O2/c1-20-14(19)11-5-12(17-6-13(15)16)9-18(8-11)7-10-3-2-4-10/h10-13,17H,2-9H2,1H3. The minimum Gasteiger partial charge on any atom is -0.469 e. The number of carbonyl (C=O) groups excluding carboxylic acids is 1. The van der Waals surface area contributed by atoms with Crippen LogP contribution in [0.1, 0.15) is 25.7 Å². The van der Waals surface area contributed by atoms with Crippen molar-refractivity contribution < 1.29 is 18.3 Å². The van der Waals surface area contributed by atoms with Crippen molar-refractivity contribution in [3.8, 4) is 0 Å². The van der Waals surface area contributed by atoms with E-state index in [2.05, 4.69) is 10.2 Å². The number of rotatable bonds is 6. The van der Waals surface area contributed by atoms with Gasteiger partial charge in [0.2, 0.25) is 0 Å². The number of piperidine rings is 1. The van der Waals surface area contributed by atoms with Crippen LogP contribution in [0.5, 0.6) is 0 Å². The Labute approximate surface area is 118 Å². The molecular formula is C14H24F2N2O2. The first-order chi connectivity index (χ1) is 9.58. The third-order valence-corrected chi connectivity index (χ3v) is 4.36. The predicted octanol–water partition coefficient (Wildman–Crippen LogP) is 1.50. The Bertz CT molecular complexity index is 324. The summed E-state index contributed by atoms with van der Waals surface area (Å²) in [6.45, 7) is 2.10. The minimum atomic E-state index is -2.35. The summed E-state index contributed by atoms with van der Waals surface area (Å²) in [5.41, 5.74) is 0. The predicted molar refractivity (Wildman–Crippen MR) is 71.7 cm³/mol. The summed E-state index contributed by atoms with van der Waals surface area (Å²) >= 11 is 0. The second-order valence-electron chi connectivity index (χ2n) is 5.97. The van der Waals surface area contributed by atoms with Crippen molar-refractivity contribution in [3.63, 3.8) is 0 Å². The van der Waals surface area contributed by atoms with Crippen molar-refractivity contribution in [1.82, 2.24) is 10.2 Å². The number of hydrogen-bond acceptors (Lipinski definition) is 4. The Balaban J connectivity index is 1.88. The van der Waals surface area contributed by atoms with Gasteiger partial charge < -0.3 is 15.0 Å². The summed E-state index contributed by atoms with van der Waals surface area (Å²) in [7, 11) is 1.38. The number of esters is 1. The van der Waals surface area contributed by atoms with E-state index in [0.717, 1.165) is 13.1 Å². The van der Waals surface area contributed by atoms with E-state index in [0.29, 0.717) is 18.9 Å². The number of likely N-dealkylation sites (tertiary alicyclic amines) is 1. The van der Waals surface area contributed by atoms with Crippen LogP contribution in [0.3, 0.4) is 0 Å². The number of nitrogens with zero attached hydrogens (tertiary/aromatic N) is 1. The van der Waals surface area contributed by atoms with Crippen molar-refractivity contribution in [2.75, 3.05) is 33.3 Å². The average Bonchev–Trinajstić information content (AvgIpc) is 2.39. The van der Waals surface area contributed by atoms with Gasteiger partial charge >= 0.3 is 5.97 Å². The first-order valence-electron chi connectivity index (χ1n) is 7.40. The largest absolute Gasteiger partial charge is 0.469 e. The smallest absolute Gasteiger partial charge is 0.310 e. The number of halogens is 2. The lowest BCUT2D eigenvalue weighted by Gasteiger charge is -2.40. The fourth-order valence-corrected chi connectivity index (χ4v) is 3.12. The molecule has 0 spiro atoms. The molecule has 0 aromatic carbocycles. The molecule has 1 aliphatic carbocycles. The summed E-state index contributed by atoms with van der Waals surface area (Å²) in [4.78, 5) is 14.0. The van der Waals surface area contributed by atoms with E-state index >= 15 is 0 Å². The van der Waals surface area contributed by atoms with E-state index in [1.807, 2.05) is 0 Å². The molecule has 0 amide bonds. The first-order valence-corrected chi connectivity index (χ1v) is 7.40. The highest BCUT2D eigenvalue weighted by Gasteiger charge is 2.34. The number of alkyl halides is 2. The minimum absolute atomic E-state index is 0.0538. The van der Waals surface area contributed by atoms with E-state index in [1.54, 1.807) is 0 Å². The van der Waals surface area contributed by atoms with E-state index in [1.165, 1.54) is 26.4 Å². The Kier molecular flexibility index (Phi) is 5.72. The summed E-state index contributed by atoms with van der Waals surface area (Å²) in [6.07, 6.45) is 2.00. The van der Waals surface area contributed by atoms with Gasteiger partial charge in [0.15, 0.2) is 0 Å². The highest BCUT2D eigenvalue weighted by molar-refractivity contribution is 5.72. The fourth-order valence-electron chi connectivity index (χ4n) is 3.12. The zero-order valence-corrected chi connectivity index (χ0v) is 12.0. The second-order valence-corrected chi connectivity index (χ2v) is 5.97. The molecule has 116 valence electrons. The Hall–Kier alpha value is -0.750. The molecule has 1 saturated carbocycles. The monoisotopic (exact) mass is 290 g/mol. The van der Waals surface area contributed by atoms with Crippen LogP contribution in [0.4, 0.5) is 8.78 Å². The van der Waals surface area contributed by atoms with Crippen molar-refractivity contribution in [2.24, 2.45) is 11.8 Å².